The summed E-state index contributed by atoms with van der Waals surface area (Å²) in [7, 11) is 0. The van der Waals surface area contributed by atoms with Gasteiger partial charge in [0.2, 0.25) is 0 Å². The number of nitrogens with one attached hydrogen (secondary N) is 1. The number of thioether (sulfide) groups is 1. The Balaban J connectivity index is 2.10. The Labute approximate surface area is 129 Å². The van der Waals surface area contributed by atoms with Crippen LogP contribution in [0.2, 0.25) is 5.02 Å². The van der Waals surface area contributed by atoms with E-state index in [9.17, 15) is 4.79 Å². The zero-order chi connectivity index (χ0) is 14.7. The summed E-state index contributed by atoms with van der Waals surface area (Å²) < 4.78 is 1.44. The summed E-state index contributed by atoms with van der Waals surface area (Å²) >= 11 is 8.10. The van der Waals surface area contributed by atoms with Gasteiger partial charge in [-0.15, -0.1) is 0 Å². The van der Waals surface area contributed by atoms with Gasteiger partial charge in [0.25, 0.3) is 5.56 Å². The summed E-state index contributed by atoms with van der Waals surface area (Å²) in [5.41, 5.74) is 0.466. The molecule has 0 saturated heterocycles. The molecule has 0 amide bonds. The predicted octanol–water partition coefficient (Wildman–Crippen LogP) is 3.25. The van der Waals surface area contributed by atoms with Gasteiger partial charge in [0.1, 0.15) is 5.02 Å². The molecule has 6 heteroatoms. The first-order valence-corrected chi connectivity index (χ1v) is 8.72. The molecule has 1 aromatic rings. The second kappa shape index (κ2) is 6.85. The third-order valence-electron chi connectivity index (χ3n) is 3.60. The van der Waals surface area contributed by atoms with Crippen LogP contribution in [0.3, 0.4) is 0 Å². The van der Waals surface area contributed by atoms with Gasteiger partial charge in [0.05, 0.1) is 11.9 Å². The highest BCUT2D eigenvalue weighted by Crippen LogP contribution is 2.31. The third kappa shape index (κ3) is 3.70. The van der Waals surface area contributed by atoms with Crippen molar-refractivity contribution in [3.8, 4) is 0 Å². The van der Waals surface area contributed by atoms with Gasteiger partial charge in [-0.3, -0.25) is 4.79 Å². The SMILES string of the molecule is CSC1CCC(Nc2cnn(CC(C)C)c(=O)c2Cl)C1. The van der Waals surface area contributed by atoms with E-state index >= 15 is 0 Å². The maximum atomic E-state index is 12.1. The molecule has 2 rings (SSSR count). The lowest BCUT2D eigenvalue weighted by molar-refractivity contribution is 0.464. The van der Waals surface area contributed by atoms with Crippen molar-refractivity contribution in [3.63, 3.8) is 0 Å². The van der Waals surface area contributed by atoms with Crippen LogP contribution in [0.5, 0.6) is 0 Å². The van der Waals surface area contributed by atoms with Crippen LogP contribution in [-0.4, -0.2) is 27.3 Å². The summed E-state index contributed by atoms with van der Waals surface area (Å²) in [6.45, 7) is 4.70. The van der Waals surface area contributed by atoms with Gasteiger partial charge < -0.3 is 5.32 Å². The number of hydrogen-bond acceptors (Lipinski definition) is 4. The van der Waals surface area contributed by atoms with E-state index in [1.54, 1.807) is 6.20 Å². The Morgan fingerprint density at radius 1 is 1.55 bits per heavy atom. The largest absolute Gasteiger partial charge is 0.380 e. The number of halogens is 1. The lowest BCUT2D eigenvalue weighted by Gasteiger charge is -2.16. The van der Waals surface area contributed by atoms with Crippen LogP contribution < -0.4 is 10.9 Å². The minimum Gasteiger partial charge on any atom is -0.380 e. The minimum absolute atomic E-state index is 0.204. The maximum Gasteiger partial charge on any atom is 0.287 e. The van der Waals surface area contributed by atoms with Crippen molar-refractivity contribution < 1.29 is 0 Å². The molecule has 1 N–H and O–H groups in total. The molecule has 0 radical (unpaired) electrons. The highest BCUT2D eigenvalue weighted by Gasteiger charge is 2.24. The minimum atomic E-state index is -0.204. The molecule has 0 aliphatic heterocycles. The number of nitrogens with zero attached hydrogens (tertiary/aromatic N) is 2. The van der Waals surface area contributed by atoms with Crippen LogP contribution in [0.1, 0.15) is 33.1 Å². The summed E-state index contributed by atoms with van der Waals surface area (Å²) in [5, 5.41) is 8.55. The fraction of sp³-hybridized carbons (Fsp3) is 0.714. The van der Waals surface area contributed by atoms with Crippen molar-refractivity contribution in [2.24, 2.45) is 5.92 Å². The second-order valence-electron chi connectivity index (χ2n) is 5.77. The fourth-order valence-electron chi connectivity index (χ4n) is 2.55. The normalized spacial score (nSPS) is 22.4. The van der Waals surface area contributed by atoms with Crippen LogP contribution in [0.15, 0.2) is 11.0 Å². The highest BCUT2D eigenvalue weighted by atomic mass is 35.5. The third-order valence-corrected chi connectivity index (χ3v) is 5.06. The fourth-order valence-corrected chi connectivity index (χ4v) is 3.54. The molecular formula is C14H22ClN3OS. The Bertz CT molecular complexity index is 518. The predicted molar refractivity (Wildman–Crippen MR) is 86.9 cm³/mol. The van der Waals surface area contributed by atoms with Crippen LogP contribution >= 0.6 is 23.4 Å². The first-order chi connectivity index (χ1) is 9.51. The molecule has 1 aromatic heterocycles. The molecule has 4 nitrogen and oxygen atoms in total. The van der Waals surface area contributed by atoms with Crippen LogP contribution in [0, 0.1) is 5.92 Å². The van der Waals surface area contributed by atoms with Crippen molar-refractivity contribution in [1.29, 1.82) is 0 Å². The van der Waals surface area contributed by atoms with Gasteiger partial charge in [-0.2, -0.15) is 16.9 Å². The van der Waals surface area contributed by atoms with Gasteiger partial charge in [0.15, 0.2) is 0 Å². The number of anilines is 1. The van der Waals surface area contributed by atoms with Crippen molar-refractivity contribution >= 4 is 29.1 Å². The second-order valence-corrected chi connectivity index (χ2v) is 7.28. The van der Waals surface area contributed by atoms with Gasteiger partial charge in [-0.25, -0.2) is 4.68 Å². The van der Waals surface area contributed by atoms with Gasteiger partial charge in [-0.05, 0) is 31.4 Å². The molecule has 0 bridgehead atoms. The van der Waals surface area contributed by atoms with E-state index in [0.29, 0.717) is 29.4 Å². The topological polar surface area (TPSA) is 46.9 Å². The van der Waals surface area contributed by atoms with E-state index in [4.69, 9.17) is 11.6 Å². The molecule has 1 heterocycles. The molecule has 112 valence electrons. The molecule has 1 aliphatic carbocycles. The van der Waals surface area contributed by atoms with Crippen molar-refractivity contribution in [2.45, 2.75) is 50.9 Å². The average Bonchev–Trinajstić information content (AvgIpc) is 2.86. The Hall–Kier alpha value is -0.680. The molecule has 1 fully saturated rings. The summed E-state index contributed by atoms with van der Waals surface area (Å²) in [5.74, 6) is 0.368. The van der Waals surface area contributed by atoms with E-state index in [1.807, 2.05) is 11.8 Å². The van der Waals surface area contributed by atoms with E-state index in [-0.39, 0.29) is 10.6 Å². The molecule has 2 atom stereocenters. The van der Waals surface area contributed by atoms with Crippen molar-refractivity contribution in [3.05, 3.63) is 21.6 Å². The molecule has 0 aromatic carbocycles. The van der Waals surface area contributed by atoms with Crippen LogP contribution in [0.25, 0.3) is 0 Å². The summed E-state index contributed by atoms with van der Waals surface area (Å²) in [6, 6.07) is 0.395. The number of rotatable bonds is 5. The van der Waals surface area contributed by atoms with Gasteiger partial charge >= 0.3 is 0 Å². The molecule has 1 aliphatic rings. The number of aromatic nitrogens is 2. The van der Waals surface area contributed by atoms with E-state index in [0.717, 1.165) is 12.8 Å². The Kier molecular flexibility index (Phi) is 5.38. The van der Waals surface area contributed by atoms with Gasteiger partial charge in [-0.1, -0.05) is 25.4 Å². The first-order valence-electron chi connectivity index (χ1n) is 7.06. The Morgan fingerprint density at radius 2 is 2.30 bits per heavy atom. The monoisotopic (exact) mass is 315 g/mol. The molecule has 0 spiro atoms. The van der Waals surface area contributed by atoms with E-state index < -0.39 is 0 Å². The van der Waals surface area contributed by atoms with Crippen molar-refractivity contribution in [2.75, 3.05) is 11.6 Å². The van der Waals surface area contributed by atoms with E-state index in [2.05, 4.69) is 30.5 Å². The molecule has 1 saturated carbocycles. The maximum absolute atomic E-state index is 12.1. The van der Waals surface area contributed by atoms with E-state index in [1.165, 1.54) is 11.1 Å². The zero-order valence-corrected chi connectivity index (χ0v) is 13.8. The smallest absolute Gasteiger partial charge is 0.287 e. The lowest BCUT2D eigenvalue weighted by atomic mass is 10.2. The van der Waals surface area contributed by atoms with Crippen molar-refractivity contribution in [1.82, 2.24) is 9.78 Å². The Morgan fingerprint density at radius 3 is 2.90 bits per heavy atom. The molecule has 2 unspecified atom stereocenters. The number of hydrogen-bond donors (Lipinski definition) is 1. The average molecular weight is 316 g/mol. The standard InChI is InChI=1S/C14H22ClN3OS/c1-9(2)8-18-14(19)13(15)12(7-16-18)17-10-4-5-11(6-10)20-3/h7,9-11,17H,4-6,8H2,1-3H3. The summed E-state index contributed by atoms with van der Waals surface area (Å²) in [4.78, 5) is 12.1. The van der Waals surface area contributed by atoms with Crippen LogP contribution in [-0.2, 0) is 6.54 Å². The lowest BCUT2D eigenvalue weighted by Crippen LogP contribution is -2.27. The zero-order valence-electron chi connectivity index (χ0n) is 12.2. The quantitative estimate of drug-likeness (QED) is 0.906. The summed E-state index contributed by atoms with van der Waals surface area (Å²) in [6.07, 6.45) is 7.28. The highest BCUT2D eigenvalue weighted by molar-refractivity contribution is 7.99. The van der Waals surface area contributed by atoms with Crippen LogP contribution in [0.4, 0.5) is 5.69 Å². The first kappa shape index (κ1) is 15.7. The molecular weight excluding hydrogens is 294 g/mol. The van der Waals surface area contributed by atoms with Gasteiger partial charge in [0, 0.05) is 17.8 Å². The molecule has 20 heavy (non-hydrogen) atoms.